The fraction of sp³-hybridized carbons (Fsp3) is 0.857. The normalized spacial score (nSPS) is 22.8. The molecule has 0 bridgehead atoms. The Kier molecular flexibility index (Phi) is 7.11. The van der Waals surface area contributed by atoms with Gasteiger partial charge in [0.15, 0.2) is 11.6 Å². The zero-order chi connectivity index (χ0) is 11.6. The third-order valence-corrected chi connectivity index (χ3v) is 3.37. The molecule has 0 radical (unpaired) electrons. The lowest BCUT2D eigenvalue weighted by Crippen LogP contribution is -2.13. The number of rotatable bonds is 0. The predicted molar refractivity (Wildman–Crippen MR) is 65.4 cm³/mol. The van der Waals surface area contributed by atoms with Crippen molar-refractivity contribution in [3.05, 3.63) is 0 Å². The number of Topliss-reactive ketones (excluding diaryl/α,β-unsaturated/α-hetero) is 2. The Morgan fingerprint density at radius 1 is 0.438 bits per heavy atom. The molecule has 1 saturated carbocycles. The van der Waals surface area contributed by atoms with E-state index in [0.29, 0.717) is 12.8 Å². The second-order valence-electron chi connectivity index (χ2n) is 4.88. The van der Waals surface area contributed by atoms with Gasteiger partial charge in [-0.2, -0.15) is 0 Å². The molecule has 0 aliphatic heterocycles. The largest absolute Gasteiger partial charge is 0.291 e. The van der Waals surface area contributed by atoms with Crippen molar-refractivity contribution in [1.29, 1.82) is 0 Å². The van der Waals surface area contributed by atoms with Gasteiger partial charge >= 0.3 is 0 Å². The number of carbonyl (C=O) groups is 2. The van der Waals surface area contributed by atoms with Crippen molar-refractivity contribution in [3.63, 3.8) is 0 Å². The maximum absolute atomic E-state index is 11.4. The molecule has 1 aliphatic carbocycles. The summed E-state index contributed by atoms with van der Waals surface area (Å²) in [5.74, 6) is -0.255. The second kappa shape index (κ2) is 8.49. The van der Waals surface area contributed by atoms with Crippen LogP contribution >= 0.6 is 0 Å². The average Bonchev–Trinajstić information content (AvgIpc) is 2.29. The van der Waals surface area contributed by atoms with Crippen molar-refractivity contribution in [2.24, 2.45) is 0 Å². The van der Waals surface area contributed by atoms with Gasteiger partial charge in [-0.05, 0) is 12.8 Å². The van der Waals surface area contributed by atoms with E-state index >= 15 is 0 Å². The molecule has 92 valence electrons. The fourth-order valence-electron chi connectivity index (χ4n) is 2.26. The van der Waals surface area contributed by atoms with Crippen LogP contribution in [0, 0.1) is 0 Å². The first-order valence-corrected chi connectivity index (χ1v) is 6.87. The lowest BCUT2D eigenvalue weighted by molar-refractivity contribution is -0.136. The van der Waals surface area contributed by atoms with Gasteiger partial charge < -0.3 is 0 Å². The molecule has 0 atom stereocenters. The van der Waals surface area contributed by atoms with E-state index < -0.39 is 0 Å². The molecule has 0 spiro atoms. The van der Waals surface area contributed by atoms with E-state index in [-0.39, 0.29) is 11.6 Å². The van der Waals surface area contributed by atoms with Crippen LogP contribution in [0.3, 0.4) is 0 Å². The highest BCUT2D eigenvalue weighted by Gasteiger charge is 2.12. The van der Waals surface area contributed by atoms with Gasteiger partial charge in [0.05, 0.1) is 0 Å². The zero-order valence-electron chi connectivity index (χ0n) is 10.3. The van der Waals surface area contributed by atoms with E-state index in [1.54, 1.807) is 0 Å². The average molecular weight is 224 g/mol. The maximum atomic E-state index is 11.4. The molecule has 0 N–H and O–H groups in total. The van der Waals surface area contributed by atoms with Gasteiger partial charge in [0, 0.05) is 12.8 Å². The van der Waals surface area contributed by atoms with Gasteiger partial charge in [0.2, 0.25) is 0 Å². The van der Waals surface area contributed by atoms with Gasteiger partial charge in [0.25, 0.3) is 0 Å². The second-order valence-corrected chi connectivity index (χ2v) is 4.88. The monoisotopic (exact) mass is 224 g/mol. The van der Waals surface area contributed by atoms with Crippen LogP contribution in [0.4, 0.5) is 0 Å². The molecule has 1 aliphatic rings. The number of hydrogen-bond donors (Lipinski definition) is 0. The van der Waals surface area contributed by atoms with Crippen LogP contribution in [0.2, 0.25) is 0 Å². The van der Waals surface area contributed by atoms with Crippen LogP contribution in [-0.4, -0.2) is 11.6 Å². The quantitative estimate of drug-likeness (QED) is 0.586. The number of carbonyl (C=O) groups excluding carboxylic acids is 2. The molecule has 0 aromatic carbocycles. The van der Waals surface area contributed by atoms with Crippen molar-refractivity contribution in [3.8, 4) is 0 Å². The van der Waals surface area contributed by atoms with Gasteiger partial charge in [-0.15, -0.1) is 0 Å². The Balaban J connectivity index is 2.27. The summed E-state index contributed by atoms with van der Waals surface area (Å²) < 4.78 is 0. The predicted octanol–water partition coefficient (Wildman–Crippen LogP) is 3.82. The molecule has 0 unspecified atom stereocenters. The molecule has 0 amide bonds. The first kappa shape index (κ1) is 13.4. The number of ketones is 2. The van der Waals surface area contributed by atoms with Gasteiger partial charge in [0.1, 0.15) is 0 Å². The van der Waals surface area contributed by atoms with E-state index in [4.69, 9.17) is 0 Å². The minimum atomic E-state index is -0.128. The third-order valence-electron chi connectivity index (χ3n) is 3.37. The van der Waals surface area contributed by atoms with Gasteiger partial charge in [-0.1, -0.05) is 51.4 Å². The molecule has 0 aromatic heterocycles. The lowest BCUT2D eigenvalue weighted by atomic mass is 10.00. The topological polar surface area (TPSA) is 34.1 Å². The van der Waals surface area contributed by atoms with E-state index in [1.165, 1.54) is 38.5 Å². The standard InChI is InChI=1S/C14H24O2/c15-13-11-9-7-5-3-1-2-4-6-8-10-12-14(13)16/h1-12H2. The van der Waals surface area contributed by atoms with Crippen LogP contribution in [0.5, 0.6) is 0 Å². The molecular formula is C14H24O2. The van der Waals surface area contributed by atoms with E-state index in [0.717, 1.165) is 25.7 Å². The summed E-state index contributed by atoms with van der Waals surface area (Å²) in [5.41, 5.74) is 0. The molecule has 2 heteroatoms. The third kappa shape index (κ3) is 6.04. The minimum Gasteiger partial charge on any atom is -0.291 e. The lowest BCUT2D eigenvalue weighted by Gasteiger charge is -2.05. The summed E-state index contributed by atoms with van der Waals surface area (Å²) in [6.07, 6.45) is 12.7. The van der Waals surface area contributed by atoms with E-state index in [2.05, 4.69) is 0 Å². The van der Waals surface area contributed by atoms with Crippen molar-refractivity contribution >= 4 is 11.6 Å². The maximum Gasteiger partial charge on any atom is 0.198 e. The van der Waals surface area contributed by atoms with Crippen LogP contribution < -0.4 is 0 Å². The number of hydrogen-bond acceptors (Lipinski definition) is 2. The molecule has 16 heavy (non-hydrogen) atoms. The van der Waals surface area contributed by atoms with E-state index in [9.17, 15) is 9.59 Å². The van der Waals surface area contributed by atoms with Crippen molar-refractivity contribution < 1.29 is 9.59 Å². The highest BCUT2D eigenvalue weighted by Crippen LogP contribution is 2.13. The Morgan fingerprint density at radius 2 is 0.688 bits per heavy atom. The fourth-order valence-corrected chi connectivity index (χ4v) is 2.26. The highest BCUT2D eigenvalue weighted by molar-refractivity contribution is 6.37. The first-order chi connectivity index (χ1) is 7.80. The summed E-state index contributed by atoms with van der Waals surface area (Å²) in [6.45, 7) is 0. The molecular weight excluding hydrogens is 200 g/mol. The molecule has 0 aromatic rings. The minimum absolute atomic E-state index is 0.128. The summed E-state index contributed by atoms with van der Waals surface area (Å²) >= 11 is 0. The summed E-state index contributed by atoms with van der Waals surface area (Å²) in [7, 11) is 0. The molecule has 2 nitrogen and oxygen atoms in total. The Bertz CT molecular complexity index is 197. The van der Waals surface area contributed by atoms with Crippen LogP contribution in [0.15, 0.2) is 0 Å². The Hall–Kier alpha value is -0.660. The van der Waals surface area contributed by atoms with Crippen molar-refractivity contribution in [2.75, 3.05) is 0 Å². The summed E-state index contributed by atoms with van der Waals surface area (Å²) in [4.78, 5) is 22.9. The zero-order valence-corrected chi connectivity index (χ0v) is 10.3. The van der Waals surface area contributed by atoms with E-state index in [1.807, 2.05) is 0 Å². The van der Waals surface area contributed by atoms with Crippen LogP contribution in [-0.2, 0) is 9.59 Å². The Morgan fingerprint density at radius 3 is 1.00 bits per heavy atom. The highest BCUT2D eigenvalue weighted by atomic mass is 16.2. The Labute approximate surface area is 98.8 Å². The van der Waals surface area contributed by atoms with Crippen LogP contribution in [0.1, 0.15) is 77.0 Å². The molecule has 0 heterocycles. The molecule has 1 fully saturated rings. The van der Waals surface area contributed by atoms with Gasteiger partial charge in [-0.25, -0.2) is 0 Å². The molecule has 0 saturated heterocycles. The summed E-state index contributed by atoms with van der Waals surface area (Å²) in [5, 5.41) is 0. The van der Waals surface area contributed by atoms with Crippen molar-refractivity contribution in [2.45, 2.75) is 77.0 Å². The van der Waals surface area contributed by atoms with Crippen LogP contribution in [0.25, 0.3) is 0 Å². The SMILES string of the molecule is O=C1CCCCCCCCCCCCC1=O. The first-order valence-electron chi connectivity index (χ1n) is 6.87. The molecule has 1 rings (SSSR count). The summed E-state index contributed by atoms with van der Waals surface area (Å²) in [6, 6.07) is 0. The van der Waals surface area contributed by atoms with Gasteiger partial charge in [-0.3, -0.25) is 9.59 Å². The van der Waals surface area contributed by atoms with Crippen molar-refractivity contribution in [1.82, 2.24) is 0 Å². The smallest absolute Gasteiger partial charge is 0.198 e.